The molecule has 0 spiro atoms. The molecule has 0 aromatic heterocycles. The summed E-state index contributed by atoms with van der Waals surface area (Å²) in [6.45, 7) is 9.12. The van der Waals surface area contributed by atoms with Crippen molar-refractivity contribution in [3.8, 4) is 0 Å². The number of nitrogens with zero attached hydrogens (tertiary/aromatic N) is 3. The maximum Gasteiger partial charge on any atom is 0.436 e. The molecule has 9 heteroatoms. The summed E-state index contributed by atoms with van der Waals surface area (Å²) in [7, 11) is 0. The van der Waals surface area contributed by atoms with Crippen molar-refractivity contribution in [3.63, 3.8) is 0 Å². The molecular formula is C32H48N4O5. The van der Waals surface area contributed by atoms with Gasteiger partial charge in [-0.05, 0) is 61.6 Å². The van der Waals surface area contributed by atoms with E-state index in [9.17, 15) is 14.4 Å². The maximum atomic E-state index is 14.2. The van der Waals surface area contributed by atoms with Gasteiger partial charge in [-0.15, -0.1) is 0 Å². The summed E-state index contributed by atoms with van der Waals surface area (Å²) in [6, 6.07) is 8.90. The molecule has 3 atom stereocenters. The highest BCUT2D eigenvalue weighted by molar-refractivity contribution is 5.92. The summed E-state index contributed by atoms with van der Waals surface area (Å²) in [5.41, 5.74) is 0.681. The third kappa shape index (κ3) is 7.41. The quantitative estimate of drug-likeness (QED) is 0.512. The molecule has 1 aromatic carbocycles. The highest BCUT2D eigenvalue weighted by atomic mass is 16.7. The van der Waals surface area contributed by atoms with Crippen LogP contribution in [0, 0.1) is 17.3 Å². The van der Waals surface area contributed by atoms with Gasteiger partial charge in [0.25, 0.3) is 5.91 Å². The lowest BCUT2D eigenvalue weighted by Gasteiger charge is -2.54. The number of hydroxylamine groups is 2. The molecule has 1 saturated carbocycles. The van der Waals surface area contributed by atoms with Crippen LogP contribution in [0.4, 0.5) is 4.79 Å². The van der Waals surface area contributed by atoms with E-state index in [4.69, 9.17) is 9.57 Å². The minimum Gasteiger partial charge on any atom is -0.443 e. The first-order chi connectivity index (χ1) is 19.7. The van der Waals surface area contributed by atoms with Gasteiger partial charge in [0.1, 0.15) is 12.6 Å². The maximum absolute atomic E-state index is 14.2. The number of rotatable bonds is 7. The monoisotopic (exact) mass is 568 g/mol. The second kappa shape index (κ2) is 13.1. The Morgan fingerprint density at radius 3 is 2.37 bits per heavy atom. The van der Waals surface area contributed by atoms with E-state index in [1.54, 1.807) is 4.90 Å². The lowest BCUT2D eigenvalue weighted by Crippen LogP contribution is -2.74. The molecule has 5 rings (SSSR count). The van der Waals surface area contributed by atoms with Crippen LogP contribution in [0.2, 0.25) is 0 Å². The Balaban J connectivity index is 1.43. The second-order valence-corrected chi connectivity index (χ2v) is 13.6. The van der Waals surface area contributed by atoms with Crippen LogP contribution in [0.25, 0.3) is 0 Å². The van der Waals surface area contributed by atoms with Crippen LogP contribution in [0.3, 0.4) is 0 Å². The second-order valence-electron chi connectivity index (χ2n) is 13.6. The molecule has 0 radical (unpaired) electrons. The number of fused-ring (bicyclic) bond motifs is 1. The summed E-state index contributed by atoms with van der Waals surface area (Å²) in [5, 5.41) is 4.68. The van der Waals surface area contributed by atoms with Crippen LogP contribution in [0.15, 0.2) is 30.3 Å². The van der Waals surface area contributed by atoms with Crippen LogP contribution in [0.1, 0.15) is 84.1 Å². The van der Waals surface area contributed by atoms with Gasteiger partial charge in [-0.25, -0.2) is 4.79 Å². The molecule has 3 amide bonds. The molecule has 41 heavy (non-hydrogen) atoms. The fourth-order valence-corrected chi connectivity index (χ4v) is 6.94. The number of piperazine rings is 1. The molecule has 9 nitrogen and oxygen atoms in total. The van der Waals surface area contributed by atoms with Gasteiger partial charge >= 0.3 is 6.09 Å². The summed E-state index contributed by atoms with van der Waals surface area (Å²) in [4.78, 5) is 51.8. The zero-order valence-electron chi connectivity index (χ0n) is 25.1. The Morgan fingerprint density at radius 1 is 0.976 bits per heavy atom. The number of nitrogens with one attached hydrogen (secondary N) is 1. The average molecular weight is 569 g/mol. The van der Waals surface area contributed by atoms with Crippen molar-refractivity contribution >= 4 is 17.9 Å². The molecule has 0 unspecified atom stereocenters. The summed E-state index contributed by atoms with van der Waals surface area (Å²) >= 11 is 0. The van der Waals surface area contributed by atoms with Crippen molar-refractivity contribution < 1.29 is 24.0 Å². The van der Waals surface area contributed by atoms with Crippen LogP contribution < -0.4 is 5.32 Å². The van der Waals surface area contributed by atoms with Gasteiger partial charge in [-0.3, -0.25) is 14.4 Å². The Hall–Kier alpha value is -2.65. The lowest BCUT2D eigenvalue weighted by molar-refractivity contribution is -0.270. The molecule has 1 aromatic rings. The van der Waals surface area contributed by atoms with Crippen LogP contribution in [0.5, 0.6) is 0 Å². The third-order valence-corrected chi connectivity index (χ3v) is 9.08. The van der Waals surface area contributed by atoms with Crippen molar-refractivity contribution in [2.24, 2.45) is 17.3 Å². The molecule has 4 aliphatic rings. The van der Waals surface area contributed by atoms with Gasteiger partial charge in [-0.2, -0.15) is 5.06 Å². The summed E-state index contributed by atoms with van der Waals surface area (Å²) < 4.78 is 5.75. The molecular weight excluding hydrogens is 520 g/mol. The Bertz CT molecular complexity index is 1050. The van der Waals surface area contributed by atoms with Crippen LogP contribution in [-0.4, -0.2) is 77.3 Å². The number of carbonyl (C=O) groups excluding carboxylic acids is 3. The fraction of sp³-hybridized carbons (Fsp3) is 0.719. The molecule has 3 saturated heterocycles. The van der Waals surface area contributed by atoms with Gasteiger partial charge in [0.15, 0.2) is 12.3 Å². The Morgan fingerprint density at radius 2 is 1.68 bits per heavy atom. The van der Waals surface area contributed by atoms with Crippen molar-refractivity contribution in [2.45, 2.75) is 103 Å². The van der Waals surface area contributed by atoms with E-state index in [0.717, 1.165) is 57.2 Å². The predicted molar refractivity (Wildman–Crippen MR) is 155 cm³/mol. The van der Waals surface area contributed by atoms with E-state index in [1.165, 1.54) is 11.5 Å². The van der Waals surface area contributed by atoms with Gasteiger partial charge in [0.2, 0.25) is 5.91 Å². The standard InChI is InChI=1S/C32H48N4O5/c1-32(2,3)19-26-29(37)34(20-24-14-16-33-17-15-24)21-28-35(26)30(38)27(18-23-10-6-4-7-11-23)41-36(28)31(39)40-22-25-12-8-5-9-13-25/h5,8-9,12-13,23-24,26-28,33H,4,6-7,10-11,14-22H2,1-3H3/t26-,27+,28-/m0/s1. The number of hydrogen-bond donors (Lipinski definition) is 1. The summed E-state index contributed by atoms with van der Waals surface area (Å²) in [6.07, 6.45) is 6.58. The number of ether oxygens (including phenoxy) is 1. The van der Waals surface area contributed by atoms with E-state index < -0.39 is 24.4 Å². The number of hydrogen-bond acceptors (Lipinski definition) is 6. The fourth-order valence-electron chi connectivity index (χ4n) is 6.94. The van der Waals surface area contributed by atoms with Crippen molar-refractivity contribution in [1.29, 1.82) is 0 Å². The highest BCUT2D eigenvalue weighted by Crippen LogP contribution is 2.37. The first-order valence-corrected chi connectivity index (χ1v) is 15.7. The smallest absolute Gasteiger partial charge is 0.436 e. The number of amides is 3. The zero-order chi connectivity index (χ0) is 29.0. The minimum absolute atomic E-state index is 0.0148. The van der Waals surface area contributed by atoms with Gasteiger partial charge in [-0.1, -0.05) is 83.2 Å². The van der Waals surface area contributed by atoms with E-state index >= 15 is 0 Å². The molecule has 1 N–H and O–H groups in total. The van der Waals surface area contributed by atoms with Crippen molar-refractivity contribution in [1.82, 2.24) is 20.2 Å². The highest BCUT2D eigenvalue weighted by Gasteiger charge is 2.54. The van der Waals surface area contributed by atoms with E-state index in [-0.39, 0.29) is 30.4 Å². The minimum atomic E-state index is -0.801. The molecule has 0 bridgehead atoms. The Kier molecular flexibility index (Phi) is 9.54. The molecule has 3 aliphatic heterocycles. The first kappa shape index (κ1) is 29.8. The van der Waals surface area contributed by atoms with Gasteiger partial charge < -0.3 is 19.9 Å². The van der Waals surface area contributed by atoms with Crippen LogP contribution >= 0.6 is 0 Å². The molecule has 3 heterocycles. The van der Waals surface area contributed by atoms with E-state index in [2.05, 4.69) is 26.1 Å². The molecule has 226 valence electrons. The molecule has 1 aliphatic carbocycles. The average Bonchev–Trinajstić information content (AvgIpc) is 2.96. The molecule has 4 fully saturated rings. The van der Waals surface area contributed by atoms with Crippen molar-refractivity contribution in [3.05, 3.63) is 35.9 Å². The first-order valence-electron chi connectivity index (χ1n) is 15.7. The normalized spacial score (nSPS) is 26.7. The zero-order valence-corrected chi connectivity index (χ0v) is 25.1. The topological polar surface area (TPSA) is 91.4 Å². The van der Waals surface area contributed by atoms with Gasteiger partial charge in [0.05, 0.1) is 6.54 Å². The predicted octanol–water partition coefficient (Wildman–Crippen LogP) is 4.71. The lowest BCUT2D eigenvalue weighted by atomic mass is 9.83. The van der Waals surface area contributed by atoms with E-state index in [0.29, 0.717) is 31.2 Å². The number of piperidine rings is 1. The van der Waals surface area contributed by atoms with E-state index in [1.807, 2.05) is 35.2 Å². The van der Waals surface area contributed by atoms with Gasteiger partial charge in [0, 0.05) is 6.54 Å². The summed E-state index contributed by atoms with van der Waals surface area (Å²) in [5.74, 6) is 0.574. The SMILES string of the molecule is CC(C)(C)C[C@H]1C(=O)N(CC2CCNCC2)C[C@@H]2N(C(=O)OCc3ccccc3)O[C@H](CC3CCCCC3)C(=O)N21. The van der Waals surface area contributed by atoms with Crippen molar-refractivity contribution in [2.75, 3.05) is 26.2 Å². The largest absolute Gasteiger partial charge is 0.443 e. The number of carbonyl (C=O) groups is 3. The Labute approximate surface area is 244 Å². The number of benzene rings is 1. The third-order valence-electron chi connectivity index (χ3n) is 9.08. The van der Waals surface area contributed by atoms with Crippen LogP contribution in [-0.2, 0) is 25.8 Å².